The molecule has 3 N–H and O–H groups in total. The topological polar surface area (TPSA) is 77.8 Å². The van der Waals surface area contributed by atoms with Gasteiger partial charge in [-0.15, -0.1) is 19.7 Å². The van der Waals surface area contributed by atoms with Crippen molar-refractivity contribution in [3.8, 4) is 0 Å². The Morgan fingerprint density at radius 3 is 0.700 bits per heavy atom. The van der Waals surface area contributed by atoms with Crippen LogP contribution in [0.3, 0.4) is 0 Å². The molecule has 0 bridgehead atoms. The summed E-state index contributed by atoms with van der Waals surface area (Å²) in [6.07, 6.45) is 4.48. The third-order valence-corrected chi connectivity index (χ3v) is 1.50. The van der Waals surface area contributed by atoms with Crippen LogP contribution in [0.4, 0.5) is 0 Å². The number of hydrogen-bond acceptors (Lipinski definition) is 4. The molecule has 0 rings (SSSR count). The van der Waals surface area contributed by atoms with E-state index < -0.39 is 16.8 Å². The van der Waals surface area contributed by atoms with Gasteiger partial charge in [0, 0.05) is 0 Å². The van der Waals surface area contributed by atoms with Gasteiger partial charge in [0.1, 0.15) is 0 Å². The van der Waals surface area contributed by atoms with Crippen LogP contribution in [-0.2, 0) is 21.0 Å². The maximum absolute atomic E-state index is 8.71. The second kappa shape index (κ2) is 13.5. The second-order valence-electron chi connectivity index (χ2n) is 5.57. The second-order valence-corrected chi connectivity index (χ2v) is 5.57. The monoisotopic (exact) mass is 325 g/mol. The number of aliphatic hydroxyl groups is 3. The van der Waals surface area contributed by atoms with Crippen molar-refractivity contribution in [2.24, 2.45) is 0 Å². The molecule has 0 amide bonds. The van der Waals surface area contributed by atoms with Gasteiger partial charge in [0.15, 0.2) is 0 Å². The molecule has 0 heterocycles. The Morgan fingerprint density at radius 1 is 0.650 bits per heavy atom. The summed E-state index contributed by atoms with van der Waals surface area (Å²) in [7, 11) is 0. The van der Waals surface area contributed by atoms with Crippen LogP contribution < -0.4 is 0 Å². The predicted octanol–water partition coefficient (Wildman–Crippen LogP) is 2.71. The quantitative estimate of drug-likeness (QED) is 0.697. The molecule has 4 nitrogen and oxygen atoms in total. The van der Waals surface area contributed by atoms with Gasteiger partial charge in [0.25, 0.3) is 0 Å². The van der Waals surface area contributed by atoms with E-state index in [-0.39, 0.29) is 0 Å². The Balaban J connectivity index is -0.0000000902. The van der Waals surface area contributed by atoms with Gasteiger partial charge in [-0.3, -0.25) is 0 Å². The number of rotatable bonds is 3. The minimum absolute atomic E-state index is 0.694. The molecule has 0 unspecified atom stereocenters. The molecule has 0 aliphatic carbocycles. The molecule has 0 saturated heterocycles. The van der Waals surface area contributed by atoms with Crippen molar-refractivity contribution < 1.29 is 36.4 Å². The van der Waals surface area contributed by atoms with E-state index in [4.69, 9.17) is 19.0 Å². The average molecular weight is 325 g/mol. The van der Waals surface area contributed by atoms with Crippen molar-refractivity contribution >= 4 is 0 Å². The summed E-state index contributed by atoms with van der Waals surface area (Å²) < 4.78 is 8.19. The van der Waals surface area contributed by atoms with Crippen molar-refractivity contribution in [3.63, 3.8) is 0 Å². The first-order valence-electron chi connectivity index (χ1n) is 5.94. The molecule has 0 aliphatic heterocycles. The van der Waals surface area contributed by atoms with Crippen LogP contribution >= 0.6 is 0 Å². The van der Waals surface area contributed by atoms with Crippen LogP contribution in [0, 0.1) is 0 Å². The summed E-state index contributed by atoms with van der Waals surface area (Å²) >= 11 is 1.06. The van der Waals surface area contributed by atoms with E-state index in [0.29, 0.717) is 0 Å². The molecule has 0 saturated carbocycles. The third kappa shape index (κ3) is 66.0. The fourth-order valence-corrected chi connectivity index (χ4v) is 0. The van der Waals surface area contributed by atoms with E-state index in [1.54, 1.807) is 41.5 Å². The van der Waals surface area contributed by atoms with E-state index in [1.807, 2.05) is 0 Å². The van der Waals surface area contributed by atoms with Crippen LogP contribution in [0.1, 0.15) is 41.5 Å². The standard InChI is InChI=1S/3C5H10O.O.V/c3*1-4-5(2,3)6;;/h3*4,6H,1H2,2-3H3;;. The van der Waals surface area contributed by atoms with Gasteiger partial charge in [-0.1, -0.05) is 18.2 Å². The molecule has 5 heteroatoms. The van der Waals surface area contributed by atoms with Crippen molar-refractivity contribution in [1.29, 1.82) is 0 Å². The van der Waals surface area contributed by atoms with Gasteiger partial charge < -0.3 is 15.3 Å². The first-order valence-corrected chi connectivity index (χ1v) is 6.51. The van der Waals surface area contributed by atoms with Crippen molar-refractivity contribution in [2.45, 2.75) is 58.3 Å². The van der Waals surface area contributed by atoms with Gasteiger partial charge in [-0.25, -0.2) is 0 Å². The van der Waals surface area contributed by atoms with Gasteiger partial charge in [-0.05, 0) is 41.5 Å². The van der Waals surface area contributed by atoms with Crippen LogP contribution in [0.15, 0.2) is 38.0 Å². The summed E-state index contributed by atoms with van der Waals surface area (Å²) in [5, 5.41) is 26.1. The van der Waals surface area contributed by atoms with Crippen LogP contribution in [0.2, 0.25) is 0 Å². The predicted molar refractivity (Wildman–Crippen MR) is 80.2 cm³/mol. The molecule has 0 atom stereocenters. The zero-order chi connectivity index (χ0) is 17.6. The van der Waals surface area contributed by atoms with Crippen LogP contribution in [0.5, 0.6) is 0 Å². The molecule has 0 fully saturated rings. The third-order valence-electron chi connectivity index (χ3n) is 1.50. The first-order chi connectivity index (χ1) is 8.68. The molecule has 0 aromatic rings. The van der Waals surface area contributed by atoms with E-state index in [9.17, 15) is 0 Å². The zero-order valence-corrected chi connectivity index (χ0v) is 14.9. The van der Waals surface area contributed by atoms with E-state index in [1.165, 1.54) is 18.2 Å². The Hall–Kier alpha value is -0.516. The van der Waals surface area contributed by atoms with Crippen molar-refractivity contribution in [1.82, 2.24) is 0 Å². The average Bonchev–Trinajstić information content (AvgIpc) is 2.30. The van der Waals surface area contributed by atoms with E-state index in [0.717, 1.165) is 17.4 Å². The molecular formula is C15H30O4V. The number of hydrogen-bond donors (Lipinski definition) is 3. The van der Waals surface area contributed by atoms with Crippen LogP contribution in [0.25, 0.3) is 0 Å². The molecule has 0 radical (unpaired) electrons. The summed E-state index contributed by atoms with van der Waals surface area (Å²) in [4.78, 5) is 0. The van der Waals surface area contributed by atoms with Crippen molar-refractivity contribution in [2.75, 3.05) is 0 Å². The van der Waals surface area contributed by atoms with Gasteiger partial charge >= 0.3 is 21.0 Å². The molecule has 0 aromatic carbocycles. The summed E-state index contributed by atoms with van der Waals surface area (Å²) in [5.74, 6) is 0. The SMILES string of the molecule is C=CC(C)(C)O.C=CC(C)(C)O.C=CC(C)(C)O.[O]=[V]. The molecule has 119 valence electrons. The Morgan fingerprint density at radius 2 is 0.700 bits per heavy atom. The molecule has 0 aliphatic rings. The van der Waals surface area contributed by atoms with Gasteiger partial charge in [0.2, 0.25) is 0 Å². The zero-order valence-electron chi connectivity index (χ0n) is 13.6. The molecular weight excluding hydrogens is 295 g/mol. The Labute approximate surface area is 133 Å². The normalized spacial score (nSPS) is 10.2. The summed E-state index contributed by atoms with van der Waals surface area (Å²) in [6.45, 7) is 20.2. The molecule has 0 spiro atoms. The summed E-state index contributed by atoms with van der Waals surface area (Å²) in [6, 6.07) is 0. The van der Waals surface area contributed by atoms with E-state index >= 15 is 0 Å². The van der Waals surface area contributed by atoms with Crippen LogP contribution in [-0.4, -0.2) is 32.1 Å². The Bertz CT molecular complexity index is 212. The molecule has 20 heavy (non-hydrogen) atoms. The van der Waals surface area contributed by atoms with Gasteiger partial charge in [0.05, 0.1) is 16.8 Å². The Kier molecular flexibility index (Phi) is 18.7. The summed E-state index contributed by atoms with van der Waals surface area (Å²) in [5.41, 5.74) is -2.08. The molecule has 0 aromatic heterocycles. The maximum atomic E-state index is 8.71. The van der Waals surface area contributed by atoms with E-state index in [2.05, 4.69) is 19.7 Å². The fraction of sp³-hybridized carbons (Fsp3) is 0.600. The minimum atomic E-state index is -0.694. The first kappa shape index (κ1) is 27.8. The van der Waals surface area contributed by atoms with Crippen molar-refractivity contribution in [3.05, 3.63) is 38.0 Å². The van der Waals surface area contributed by atoms with Gasteiger partial charge in [-0.2, -0.15) is 0 Å². The fourth-order valence-electron chi connectivity index (χ4n) is 0.